The van der Waals surface area contributed by atoms with E-state index in [4.69, 9.17) is 0 Å². The molecule has 128 valence electrons. The molecule has 1 amide bonds. The Labute approximate surface area is 145 Å². The van der Waals surface area contributed by atoms with Crippen molar-refractivity contribution < 1.29 is 9.18 Å². The van der Waals surface area contributed by atoms with E-state index in [0.717, 1.165) is 11.1 Å². The summed E-state index contributed by atoms with van der Waals surface area (Å²) in [5.41, 5.74) is 3.55. The average Bonchev–Trinajstić information content (AvgIpc) is 3.07. The van der Waals surface area contributed by atoms with Crippen LogP contribution in [-0.2, 0) is 13.0 Å². The topological polar surface area (TPSA) is 59.8 Å². The van der Waals surface area contributed by atoms with Crippen molar-refractivity contribution in [3.8, 4) is 0 Å². The second-order valence-corrected chi connectivity index (χ2v) is 5.86. The summed E-state index contributed by atoms with van der Waals surface area (Å²) in [7, 11) is 0. The van der Waals surface area contributed by atoms with E-state index in [1.54, 1.807) is 23.0 Å². The van der Waals surface area contributed by atoms with Crippen molar-refractivity contribution in [2.75, 3.05) is 6.54 Å². The van der Waals surface area contributed by atoms with E-state index in [-0.39, 0.29) is 17.4 Å². The fourth-order valence-electron chi connectivity index (χ4n) is 2.50. The highest BCUT2D eigenvalue weighted by Crippen LogP contribution is 2.09. The molecule has 3 rings (SSSR count). The first-order valence-corrected chi connectivity index (χ1v) is 8.09. The molecular formula is C19H19FN4O. The van der Waals surface area contributed by atoms with Gasteiger partial charge in [-0.15, -0.1) is 5.10 Å². The zero-order valence-corrected chi connectivity index (χ0v) is 13.9. The first-order valence-electron chi connectivity index (χ1n) is 8.09. The Morgan fingerprint density at radius 1 is 1.16 bits per heavy atom. The summed E-state index contributed by atoms with van der Waals surface area (Å²) in [4.78, 5) is 12.1. The Morgan fingerprint density at radius 3 is 2.68 bits per heavy atom. The van der Waals surface area contributed by atoms with Gasteiger partial charge in [-0.25, -0.2) is 9.07 Å². The molecule has 1 heterocycles. The Bertz CT molecular complexity index is 858. The number of rotatable bonds is 6. The highest BCUT2D eigenvalue weighted by molar-refractivity contribution is 5.91. The largest absolute Gasteiger partial charge is 0.350 e. The Morgan fingerprint density at radius 2 is 1.92 bits per heavy atom. The van der Waals surface area contributed by atoms with E-state index in [1.807, 2.05) is 31.2 Å². The van der Waals surface area contributed by atoms with Gasteiger partial charge in [-0.05, 0) is 42.2 Å². The van der Waals surface area contributed by atoms with E-state index < -0.39 is 0 Å². The summed E-state index contributed by atoms with van der Waals surface area (Å²) in [5, 5.41) is 10.7. The van der Waals surface area contributed by atoms with Crippen molar-refractivity contribution >= 4 is 5.91 Å². The number of amides is 1. The number of hydrogen-bond acceptors (Lipinski definition) is 3. The molecule has 0 atom stereocenters. The lowest BCUT2D eigenvalue weighted by Crippen LogP contribution is -2.26. The van der Waals surface area contributed by atoms with Crippen LogP contribution in [-0.4, -0.2) is 27.4 Å². The number of hydrogen-bond donors (Lipinski definition) is 1. The van der Waals surface area contributed by atoms with Gasteiger partial charge in [0.05, 0.1) is 12.7 Å². The maximum Gasteiger partial charge on any atom is 0.273 e. The molecule has 0 aliphatic rings. The third-order valence-corrected chi connectivity index (χ3v) is 3.98. The normalized spacial score (nSPS) is 10.6. The lowest BCUT2D eigenvalue weighted by molar-refractivity contribution is 0.0949. The first kappa shape index (κ1) is 16.8. The molecule has 6 heteroatoms. The molecule has 0 saturated carbocycles. The van der Waals surface area contributed by atoms with Crippen LogP contribution in [0.5, 0.6) is 0 Å². The van der Waals surface area contributed by atoms with Crippen LogP contribution in [0.3, 0.4) is 0 Å². The van der Waals surface area contributed by atoms with Crippen LogP contribution in [0.4, 0.5) is 4.39 Å². The zero-order valence-electron chi connectivity index (χ0n) is 13.9. The van der Waals surface area contributed by atoms with Crippen LogP contribution in [0.25, 0.3) is 0 Å². The molecule has 0 unspecified atom stereocenters. The van der Waals surface area contributed by atoms with E-state index >= 15 is 0 Å². The second-order valence-electron chi connectivity index (χ2n) is 5.86. The molecule has 0 saturated heterocycles. The van der Waals surface area contributed by atoms with Crippen molar-refractivity contribution in [3.05, 3.63) is 82.9 Å². The molecule has 0 aliphatic heterocycles. The third kappa shape index (κ3) is 4.50. The number of carbonyl (C=O) groups is 1. The minimum absolute atomic E-state index is 0.266. The van der Waals surface area contributed by atoms with Gasteiger partial charge in [0.25, 0.3) is 5.91 Å². The Hall–Kier alpha value is -3.02. The molecule has 0 bridgehead atoms. The standard InChI is InChI=1S/C19H19FN4O/c1-14-4-2-3-5-16(14)12-24-13-18(22-23-24)19(25)21-11-10-15-6-8-17(20)9-7-15/h2-9,13H,10-12H2,1H3,(H,21,25). The van der Waals surface area contributed by atoms with E-state index in [1.165, 1.54) is 17.7 Å². The van der Waals surface area contributed by atoms with E-state index in [9.17, 15) is 9.18 Å². The van der Waals surface area contributed by atoms with Gasteiger partial charge in [-0.1, -0.05) is 41.6 Å². The summed E-state index contributed by atoms with van der Waals surface area (Å²) in [5.74, 6) is -0.531. The quantitative estimate of drug-likeness (QED) is 0.752. The fourth-order valence-corrected chi connectivity index (χ4v) is 2.50. The second kappa shape index (κ2) is 7.70. The lowest BCUT2D eigenvalue weighted by atomic mass is 10.1. The van der Waals surface area contributed by atoms with E-state index in [0.29, 0.717) is 19.5 Å². The third-order valence-electron chi connectivity index (χ3n) is 3.98. The Balaban J connectivity index is 1.53. The number of carbonyl (C=O) groups excluding carboxylic acids is 1. The predicted molar refractivity (Wildman–Crippen MR) is 92.7 cm³/mol. The van der Waals surface area contributed by atoms with Crippen molar-refractivity contribution in [2.24, 2.45) is 0 Å². The van der Waals surface area contributed by atoms with Gasteiger partial charge in [-0.3, -0.25) is 4.79 Å². The summed E-state index contributed by atoms with van der Waals surface area (Å²) < 4.78 is 14.5. The van der Waals surface area contributed by atoms with Gasteiger partial charge in [0.1, 0.15) is 5.82 Å². The smallest absolute Gasteiger partial charge is 0.273 e. The number of benzene rings is 2. The lowest BCUT2D eigenvalue weighted by Gasteiger charge is -2.04. The molecule has 2 aromatic carbocycles. The van der Waals surface area contributed by atoms with Gasteiger partial charge < -0.3 is 5.32 Å². The monoisotopic (exact) mass is 338 g/mol. The molecule has 1 aromatic heterocycles. The van der Waals surface area contributed by atoms with Crippen LogP contribution in [0.2, 0.25) is 0 Å². The number of nitrogens with zero attached hydrogens (tertiary/aromatic N) is 3. The molecule has 0 radical (unpaired) electrons. The maximum absolute atomic E-state index is 12.9. The Kier molecular flexibility index (Phi) is 5.18. The van der Waals surface area contributed by atoms with Crippen LogP contribution in [0, 0.1) is 12.7 Å². The summed E-state index contributed by atoms with van der Waals surface area (Å²) >= 11 is 0. The predicted octanol–water partition coefficient (Wildman–Crippen LogP) is 2.75. The molecule has 0 fully saturated rings. The summed E-state index contributed by atoms with van der Waals surface area (Å²) in [6, 6.07) is 14.3. The van der Waals surface area contributed by atoms with Crippen molar-refractivity contribution in [2.45, 2.75) is 19.9 Å². The minimum atomic E-state index is -0.266. The average molecular weight is 338 g/mol. The van der Waals surface area contributed by atoms with Gasteiger partial charge >= 0.3 is 0 Å². The fraction of sp³-hybridized carbons (Fsp3) is 0.211. The number of aromatic nitrogens is 3. The van der Waals surface area contributed by atoms with Crippen molar-refractivity contribution in [3.63, 3.8) is 0 Å². The molecular weight excluding hydrogens is 319 g/mol. The number of nitrogens with one attached hydrogen (secondary N) is 1. The molecule has 5 nitrogen and oxygen atoms in total. The van der Waals surface area contributed by atoms with Crippen molar-refractivity contribution in [1.29, 1.82) is 0 Å². The van der Waals surface area contributed by atoms with Gasteiger partial charge in [-0.2, -0.15) is 0 Å². The van der Waals surface area contributed by atoms with Crippen LogP contribution in [0.1, 0.15) is 27.2 Å². The maximum atomic E-state index is 12.9. The molecule has 0 aliphatic carbocycles. The van der Waals surface area contributed by atoms with Gasteiger partial charge in [0, 0.05) is 6.54 Å². The first-order chi connectivity index (χ1) is 12.1. The molecule has 25 heavy (non-hydrogen) atoms. The number of halogens is 1. The highest BCUT2D eigenvalue weighted by atomic mass is 19.1. The van der Waals surface area contributed by atoms with Gasteiger partial charge in [0.2, 0.25) is 0 Å². The molecule has 3 aromatic rings. The molecule has 0 spiro atoms. The SMILES string of the molecule is Cc1ccccc1Cn1cc(C(=O)NCCc2ccc(F)cc2)nn1. The van der Waals surface area contributed by atoms with Crippen LogP contribution in [0.15, 0.2) is 54.7 Å². The molecule has 1 N–H and O–H groups in total. The van der Waals surface area contributed by atoms with Crippen LogP contribution >= 0.6 is 0 Å². The minimum Gasteiger partial charge on any atom is -0.350 e. The van der Waals surface area contributed by atoms with Crippen molar-refractivity contribution in [1.82, 2.24) is 20.3 Å². The van der Waals surface area contributed by atoms with Crippen LogP contribution < -0.4 is 5.32 Å². The van der Waals surface area contributed by atoms with Gasteiger partial charge in [0.15, 0.2) is 5.69 Å². The summed E-state index contributed by atoms with van der Waals surface area (Å²) in [6.45, 7) is 3.06. The highest BCUT2D eigenvalue weighted by Gasteiger charge is 2.11. The number of aryl methyl sites for hydroxylation is 1. The summed E-state index contributed by atoms with van der Waals surface area (Å²) in [6.07, 6.45) is 2.27. The van der Waals surface area contributed by atoms with E-state index in [2.05, 4.69) is 15.6 Å². The zero-order chi connectivity index (χ0) is 17.6.